The summed E-state index contributed by atoms with van der Waals surface area (Å²) in [6.45, 7) is 1.98. The minimum absolute atomic E-state index is 0.266. The first-order valence-electron chi connectivity index (χ1n) is 6.99. The van der Waals surface area contributed by atoms with Crippen molar-refractivity contribution >= 4 is 24.0 Å². The van der Waals surface area contributed by atoms with Crippen LogP contribution in [0.4, 0.5) is 10.5 Å². The van der Waals surface area contributed by atoms with E-state index >= 15 is 0 Å². The minimum atomic E-state index is -0.678. The fourth-order valence-corrected chi connectivity index (χ4v) is 1.87. The number of rotatable bonds is 5. The Hall–Kier alpha value is -3.15. The van der Waals surface area contributed by atoms with Gasteiger partial charge < -0.3 is 14.9 Å². The van der Waals surface area contributed by atoms with Gasteiger partial charge >= 0.3 is 12.1 Å². The van der Waals surface area contributed by atoms with Crippen molar-refractivity contribution in [3.63, 3.8) is 0 Å². The number of ether oxygens (including phenoxy) is 2. The van der Waals surface area contributed by atoms with Crippen LogP contribution in [-0.4, -0.2) is 24.9 Å². The van der Waals surface area contributed by atoms with E-state index < -0.39 is 12.1 Å². The zero-order chi connectivity index (χ0) is 16.7. The molecule has 0 aliphatic heterocycles. The van der Waals surface area contributed by atoms with Gasteiger partial charge in [-0.15, -0.1) is 0 Å². The first kappa shape index (κ1) is 16.2. The van der Waals surface area contributed by atoms with Gasteiger partial charge in [-0.05, 0) is 37.3 Å². The molecule has 0 heterocycles. The molecule has 6 nitrogen and oxygen atoms in total. The minimum Gasteiger partial charge on any atom is -0.462 e. The van der Waals surface area contributed by atoms with Crippen LogP contribution in [0.1, 0.15) is 22.8 Å². The van der Waals surface area contributed by atoms with Crippen molar-refractivity contribution in [1.29, 1.82) is 5.41 Å². The first-order valence-corrected chi connectivity index (χ1v) is 6.99. The Bertz CT molecular complexity index is 714. The number of anilines is 1. The largest absolute Gasteiger partial charge is 0.462 e. The number of carbonyl (C=O) groups is 2. The Balaban J connectivity index is 2.11. The summed E-state index contributed by atoms with van der Waals surface area (Å²) in [6, 6.07) is 13.1. The van der Waals surface area contributed by atoms with Crippen LogP contribution in [-0.2, 0) is 4.74 Å². The van der Waals surface area contributed by atoms with E-state index in [0.29, 0.717) is 22.6 Å². The molecule has 0 fully saturated rings. The quantitative estimate of drug-likeness (QED) is 0.653. The van der Waals surface area contributed by atoms with Crippen molar-refractivity contribution in [1.82, 2.24) is 0 Å². The molecule has 0 atom stereocenters. The number of nitrogens with one attached hydrogen (secondary N) is 2. The molecule has 118 valence electrons. The van der Waals surface area contributed by atoms with Crippen molar-refractivity contribution < 1.29 is 19.1 Å². The van der Waals surface area contributed by atoms with Gasteiger partial charge in [-0.3, -0.25) is 5.32 Å². The van der Waals surface area contributed by atoms with Gasteiger partial charge in [-0.2, -0.15) is 0 Å². The molecule has 2 N–H and O–H groups in total. The second kappa shape index (κ2) is 7.74. The molecule has 0 spiro atoms. The predicted molar refractivity (Wildman–Crippen MR) is 86.4 cm³/mol. The summed E-state index contributed by atoms with van der Waals surface area (Å²) in [6.07, 6.45) is 0.365. The maximum Gasteiger partial charge on any atom is 0.417 e. The molecule has 0 aromatic heterocycles. The number of carbonyl (C=O) groups excluding carboxylic acids is 2. The van der Waals surface area contributed by atoms with E-state index in [1.807, 2.05) is 6.07 Å². The van der Waals surface area contributed by atoms with Crippen LogP contribution in [0.5, 0.6) is 5.75 Å². The third-order valence-corrected chi connectivity index (χ3v) is 2.91. The Morgan fingerprint density at radius 2 is 1.91 bits per heavy atom. The maximum atomic E-state index is 11.9. The second-order valence-corrected chi connectivity index (χ2v) is 4.49. The summed E-state index contributed by atoms with van der Waals surface area (Å²) < 4.78 is 10.0. The molecule has 0 aliphatic carbocycles. The maximum absolute atomic E-state index is 11.9. The van der Waals surface area contributed by atoms with Crippen LogP contribution in [0.25, 0.3) is 0 Å². The van der Waals surface area contributed by atoms with Crippen LogP contribution in [0, 0.1) is 5.41 Å². The Kier molecular flexibility index (Phi) is 5.46. The van der Waals surface area contributed by atoms with E-state index in [-0.39, 0.29) is 6.61 Å². The Morgan fingerprint density at radius 3 is 2.57 bits per heavy atom. The molecular weight excluding hydrogens is 296 g/mol. The number of hydrogen-bond acceptors (Lipinski definition) is 5. The lowest BCUT2D eigenvalue weighted by atomic mass is 10.1. The van der Waals surface area contributed by atoms with E-state index in [1.54, 1.807) is 31.2 Å². The number of benzene rings is 2. The molecule has 2 aromatic rings. The molecule has 1 amide bonds. The lowest BCUT2D eigenvalue weighted by Gasteiger charge is -2.10. The van der Waals surface area contributed by atoms with Gasteiger partial charge in [-0.25, -0.2) is 9.59 Å². The average molecular weight is 312 g/mol. The Labute approximate surface area is 133 Å². The van der Waals surface area contributed by atoms with Gasteiger partial charge in [0.05, 0.1) is 17.9 Å². The standard InChI is InChI=1S/C17H16N2O4/c1-2-22-16(20)12-8-9-15(13(10-12)11-18)19-17(21)23-14-6-4-3-5-7-14/h3-11,18H,2H2,1H3,(H,19,21). The SMILES string of the molecule is CCOC(=O)c1ccc(NC(=O)Oc2ccccc2)c(C=N)c1. The summed E-state index contributed by atoms with van der Waals surface area (Å²) >= 11 is 0. The topological polar surface area (TPSA) is 88.5 Å². The van der Waals surface area contributed by atoms with E-state index in [9.17, 15) is 9.59 Å². The molecule has 23 heavy (non-hydrogen) atoms. The van der Waals surface area contributed by atoms with Crippen LogP contribution < -0.4 is 10.1 Å². The zero-order valence-corrected chi connectivity index (χ0v) is 12.5. The van der Waals surface area contributed by atoms with Crippen molar-refractivity contribution in [2.45, 2.75) is 6.92 Å². The van der Waals surface area contributed by atoms with Crippen molar-refractivity contribution in [3.8, 4) is 5.75 Å². The molecule has 0 saturated heterocycles. The van der Waals surface area contributed by atoms with E-state index in [0.717, 1.165) is 6.21 Å². The smallest absolute Gasteiger partial charge is 0.417 e. The van der Waals surface area contributed by atoms with Gasteiger partial charge in [0.1, 0.15) is 5.75 Å². The highest BCUT2D eigenvalue weighted by atomic mass is 16.6. The van der Waals surface area contributed by atoms with Gasteiger partial charge in [0.2, 0.25) is 0 Å². The Morgan fingerprint density at radius 1 is 1.17 bits per heavy atom. The summed E-state index contributed by atoms with van der Waals surface area (Å²) in [7, 11) is 0. The molecule has 0 saturated carbocycles. The summed E-state index contributed by atoms with van der Waals surface area (Å²) in [5.74, 6) is -0.0708. The second-order valence-electron chi connectivity index (χ2n) is 4.49. The molecule has 0 radical (unpaired) electrons. The predicted octanol–water partition coefficient (Wildman–Crippen LogP) is 3.47. The fraction of sp³-hybridized carbons (Fsp3) is 0.118. The number of para-hydroxylation sites is 1. The average Bonchev–Trinajstić information content (AvgIpc) is 2.56. The van der Waals surface area contributed by atoms with Crippen LogP contribution in [0.15, 0.2) is 48.5 Å². The molecule has 2 aromatic carbocycles. The van der Waals surface area contributed by atoms with Gasteiger partial charge in [0.25, 0.3) is 0 Å². The van der Waals surface area contributed by atoms with Crippen molar-refractivity contribution in [3.05, 3.63) is 59.7 Å². The summed E-state index contributed by atoms with van der Waals surface area (Å²) in [4.78, 5) is 23.5. The van der Waals surface area contributed by atoms with Crippen LogP contribution >= 0.6 is 0 Å². The fourth-order valence-electron chi connectivity index (χ4n) is 1.87. The normalized spacial score (nSPS) is 9.78. The van der Waals surface area contributed by atoms with E-state index in [4.69, 9.17) is 14.9 Å². The summed E-state index contributed by atoms with van der Waals surface area (Å²) in [5, 5.41) is 9.96. The van der Waals surface area contributed by atoms with Gasteiger partial charge in [-0.1, -0.05) is 18.2 Å². The van der Waals surface area contributed by atoms with Crippen molar-refractivity contribution in [2.24, 2.45) is 0 Å². The third-order valence-electron chi connectivity index (χ3n) is 2.91. The third kappa shape index (κ3) is 4.41. The van der Waals surface area contributed by atoms with Crippen LogP contribution in [0.2, 0.25) is 0 Å². The number of esters is 1. The van der Waals surface area contributed by atoms with Gasteiger partial charge in [0, 0.05) is 11.8 Å². The van der Waals surface area contributed by atoms with Gasteiger partial charge in [0.15, 0.2) is 0 Å². The molecule has 2 rings (SSSR count). The number of hydrogen-bond donors (Lipinski definition) is 2. The highest BCUT2D eigenvalue weighted by Crippen LogP contribution is 2.18. The molecule has 0 bridgehead atoms. The number of amides is 1. The molecule has 6 heteroatoms. The van der Waals surface area contributed by atoms with E-state index in [1.165, 1.54) is 18.2 Å². The van der Waals surface area contributed by atoms with Crippen molar-refractivity contribution in [2.75, 3.05) is 11.9 Å². The lowest BCUT2D eigenvalue weighted by Crippen LogP contribution is -2.18. The highest BCUT2D eigenvalue weighted by molar-refractivity contribution is 5.98. The van der Waals surface area contributed by atoms with Crippen LogP contribution in [0.3, 0.4) is 0 Å². The molecule has 0 unspecified atom stereocenters. The monoisotopic (exact) mass is 312 g/mol. The first-order chi connectivity index (χ1) is 11.1. The highest BCUT2D eigenvalue weighted by Gasteiger charge is 2.12. The summed E-state index contributed by atoms with van der Waals surface area (Å²) in [5.41, 5.74) is 1.06. The lowest BCUT2D eigenvalue weighted by molar-refractivity contribution is 0.0526. The molecular formula is C17H16N2O4. The zero-order valence-electron chi connectivity index (χ0n) is 12.5. The molecule has 0 aliphatic rings. The van der Waals surface area contributed by atoms with E-state index in [2.05, 4.69) is 5.32 Å².